The highest BCUT2D eigenvalue weighted by Crippen LogP contribution is 2.51. The molecule has 0 radical (unpaired) electrons. The Morgan fingerprint density at radius 3 is 2.86 bits per heavy atom. The summed E-state index contributed by atoms with van der Waals surface area (Å²) in [5.74, 6) is 2.65. The highest BCUT2D eigenvalue weighted by Gasteiger charge is 2.34. The highest BCUT2D eigenvalue weighted by molar-refractivity contribution is 7.19. The van der Waals surface area contributed by atoms with Crippen LogP contribution in [0.2, 0.25) is 0 Å². The molecule has 0 bridgehead atoms. The minimum absolute atomic E-state index is 0.612. The van der Waals surface area contributed by atoms with Gasteiger partial charge in [-0.3, -0.25) is 0 Å². The molecule has 3 aromatic heterocycles. The van der Waals surface area contributed by atoms with Crippen molar-refractivity contribution in [2.45, 2.75) is 27.2 Å². The Labute approximate surface area is 134 Å². The third-order valence-electron chi connectivity index (χ3n) is 4.38. The van der Waals surface area contributed by atoms with E-state index >= 15 is 0 Å². The molecular formula is C18H21N2OS+. The molecule has 0 fully saturated rings. The standard InChI is InChI=1S/C18H21N2OS/c1-10(2)8-12-6-7-19(4)16-14-11(3)22-18-15(14)13(9-20(18)5)21-17(12)16/h6-7,9-10H,8H2,1-5H3/q+1. The molecule has 1 aliphatic heterocycles. The highest BCUT2D eigenvalue weighted by atomic mass is 32.1. The predicted molar refractivity (Wildman–Crippen MR) is 90.8 cm³/mol. The number of aryl methyl sites for hydroxylation is 3. The predicted octanol–water partition coefficient (Wildman–Crippen LogP) is 4.34. The zero-order valence-corrected chi connectivity index (χ0v) is 14.5. The fourth-order valence-corrected chi connectivity index (χ4v) is 4.54. The van der Waals surface area contributed by atoms with E-state index in [1.807, 2.05) is 11.3 Å². The Morgan fingerprint density at radius 2 is 2.14 bits per heavy atom. The molecule has 0 saturated heterocycles. The summed E-state index contributed by atoms with van der Waals surface area (Å²) in [5, 5.41) is 1.27. The second-order valence-electron chi connectivity index (χ2n) is 6.65. The normalized spacial score (nSPS) is 12.8. The van der Waals surface area contributed by atoms with Crippen LogP contribution >= 0.6 is 11.3 Å². The summed E-state index contributed by atoms with van der Waals surface area (Å²) in [5.41, 5.74) is 3.88. The maximum Gasteiger partial charge on any atom is 0.257 e. The van der Waals surface area contributed by atoms with Crippen molar-refractivity contribution >= 4 is 21.6 Å². The van der Waals surface area contributed by atoms with Gasteiger partial charge in [0.25, 0.3) is 5.69 Å². The number of nitrogens with zero attached hydrogens (tertiary/aromatic N) is 2. The quantitative estimate of drug-likeness (QED) is 0.503. The van der Waals surface area contributed by atoms with Gasteiger partial charge in [0.2, 0.25) is 5.75 Å². The van der Waals surface area contributed by atoms with E-state index in [0.717, 1.165) is 17.9 Å². The van der Waals surface area contributed by atoms with Gasteiger partial charge in [-0.2, -0.15) is 4.57 Å². The van der Waals surface area contributed by atoms with Crippen LogP contribution in [0.3, 0.4) is 0 Å². The zero-order valence-electron chi connectivity index (χ0n) is 13.7. The first-order valence-corrected chi connectivity index (χ1v) is 8.57. The van der Waals surface area contributed by atoms with Crippen LogP contribution in [0.25, 0.3) is 21.5 Å². The van der Waals surface area contributed by atoms with Gasteiger partial charge in [0.05, 0.1) is 10.9 Å². The van der Waals surface area contributed by atoms with Crippen molar-refractivity contribution in [3.63, 3.8) is 0 Å². The number of fused-ring (bicyclic) bond motifs is 2. The minimum Gasteiger partial charge on any atom is -0.448 e. The molecule has 3 nitrogen and oxygen atoms in total. The summed E-state index contributed by atoms with van der Waals surface area (Å²) < 4.78 is 10.7. The molecule has 0 aromatic carbocycles. The van der Waals surface area contributed by atoms with E-state index in [0.29, 0.717) is 5.92 Å². The van der Waals surface area contributed by atoms with Crippen LogP contribution < -0.4 is 9.30 Å². The van der Waals surface area contributed by atoms with Crippen LogP contribution in [0, 0.1) is 12.8 Å². The largest absolute Gasteiger partial charge is 0.448 e. The Kier molecular flexibility index (Phi) is 2.89. The van der Waals surface area contributed by atoms with Crippen LogP contribution in [-0.2, 0) is 20.5 Å². The van der Waals surface area contributed by atoms with Crippen LogP contribution in [0.15, 0.2) is 18.5 Å². The van der Waals surface area contributed by atoms with E-state index in [2.05, 4.69) is 62.5 Å². The van der Waals surface area contributed by atoms with Crippen molar-refractivity contribution in [2.75, 3.05) is 0 Å². The number of pyridine rings is 1. The lowest BCUT2D eigenvalue weighted by molar-refractivity contribution is -0.660. The van der Waals surface area contributed by atoms with Crippen molar-refractivity contribution in [3.05, 3.63) is 28.9 Å². The molecule has 3 aromatic rings. The SMILES string of the molecule is Cc1sc2c3c(cn2C)Oc2c(CC(C)C)cc[n+](C)c2-c13. The van der Waals surface area contributed by atoms with Crippen LogP contribution in [0.1, 0.15) is 24.3 Å². The van der Waals surface area contributed by atoms with Crippen LogP contribution in [0.5, 0.6) is 11.5 Å². The maximum atomic E-state index is 6.36. The van der Waals surface area contributed by atoms with Crippen molar-refractivity contribution < 1.29 is 9.30 Å². The Hall–Kier alpha value is -1.81. The van der Waals surface area contributed by atoms with Crippen molar-refractivity contribution in [3.8, 4) is 22.8 Å². The number of rotatable bonds is 2. The van der Waals surface area contributed by atoms with Gasteiger partial charge >= 0.3 is 0 Å². The Bertz CT molecular complexity index is 902. The summed E-state index contributed by atoms with van der Waals surface area (Å²) in [6.07, 6.45) is 5.31. The summed E-state index contributed by atoms with van der Waals surface area (Å²) >= 11 is 1.85. The van der Waals surface area contributed by atoms with E-state index in [1.54, 1.807) is 0 Å². The van der Waals surface area contributed by atoms with Gasteiger partial charge in [0, 0.05) is 29.8 Å². The molecule has 0 spiro atoms. The van der Waals surface area contributed by atoms with Crippen molar-refractivity contribution in [2.24, 2.45) is 20.0 Å². The zero-order chi connectivity index (χ0) is 15.6. The molecule has 0 unspecified atom stereocenters. The molecule has 114 valence electrons. The van der Waals surface area contributed by atoms with Gasteiger partial charge in [0.1, 0.15) is 11.9 Å². The third-order valence-corrected chi connectivity index (χ3v) is 5.57. The summed E-state index contributed by atoms with van der Waals surface area (Å²) in [4.78, 5) is 2.66. The van der Waals surface area contributed by atoms with E-state index in [9.17, 15) is 0 Å². The molecular weight excluding hydrogens is 292 g/mol. The van der Waals surface area contributed by atoms with Crippen LogP contribution in [0.4, 0.5) is 0 Å². The second kappa shape index (κ2) is 4.59. The van der Waals surface area contributed by atoms with Crippen molar-refractivity contribution in [1.82, 2.24) is 4.57 Å². The van der Waals surface area contributed by atoms with E-state index < -0.39 is 0 Å². The van der Waals surface area contributed by atoms with Gasteiger partial charge in [0.15, 0.2) is 11.9 Å². The lowest BCUT2D eigenvalue weighted by Gasteiger charge is -2.18. The molecule has 1 aliphatic rings. The summed E-state index contributed by atoms with van der Waals surface area (Å²) in [6.45, 7) is 6.72. The fourth-order valence-electron chi connectivity index (χ4n) is 3.45. The Balaban J connectivity index is 2.07. The van der Waals surface area contributed by atoms with Crippen LogP contribution in [-0.4, -0.2) is 4.57 Å². The first kappa shape index (κ1) is 13.8. The van der Waals surface area contributed by atoms with Gasteiger partial charge in [-0.25, -0.2) is 0 Å². The average Bonchev–Trinajstić information content (AvgIpc) is 2.94. The topological polar surface area (TPSA) is 18.0 Å². The number of ether oxygens (including phenoxy) is 1. The number of hydrogen-bond acceptors (Lipinski definition) is 2. The fraction of sp³-hybridized carbons (Fsp3) is 0.389. The third kappa shape index (κ3) is 1.76. The molecule has 0 amide bonds. The average molecular weight is 313 g/mol. The lowest BCUT2D eigenvalue weighted by Crippen LogP contribution is -2.32. The van der Waals surface area contributed by atoms with Gasteiger partial charge in [-0.05, 0) is 19.3 Å². The number of aromatic nitrogens is 2. The smallest absolute Gasteiger partial charge is 0.257 e. The lowest BCUT2D eigenvalue weighted by atomic mass is 9.97. The molecule has 4 heterocycles. The molecule has 4 rings (SSSR count). The van der Waals surface area contributed by atoms with E-state index in [4.69, 9.17) is 4.74 Å². The molecule has 22 heavy (non-hydrogen) atoms. The number of thiophene rings is 1. The summed E-state index contributed by atoms with van der Waals surface area (Å²) in [6, 6.07) is 2.20. The molecule has 0 aliphatic carbocycles. The Morgan fingerprint density at radius 1 is 1.36 bits per heavy atom. The second-order valence-corrected chi connectivity index (χ2v) is 7.85. The number of hydrogen-bond donors (Lipinski definition) is 0. The van der Waals surface area contributed by atoms with Gasteiger partial charge in [-0.1, -0.05) is 13.8 Å². The molecule has 0 atom stereocenters. The molecule has 0 saturated carbocycles. The summed E-state index contributed by atoms with van der Waals surface area (Å²) in [7, 11) is 4.21. The van der Waals surface area contributed by atoms with E-state index in [1.165, 1.54) is 31.9 Å². The van der Waals surface area contributed by atoms with Crippen molar-refractivity contribution in [1.29, 1.82) is 0 Å². The molecule has 0 N–H and O–H groups in total. The first-order valence-electron chi connectivity index (χ1n) is 7.75. The van der Waals surface area contributed by atoms with Gasteiger partial charge in [-0.15, -0.1) is 11.3 Å². The van der Waals surface area contributed by atoms with E-state index in [-0.39, 0.29) is 0 Å². The maximum absolute atomic E-state index is 6.36. The molecule has 4 heteroatoms. The minimum atomic E-state index is 0.612. The first-order chi connectivity index (χ1) is 10.5. The van der Waals surface area contributed by atoms with Gasteiger partial charge < -0.3 is 9.30 Å². The monoisotopic (exact) mass is 313 g/mol.